The molecule has 0 atom stereocenters. The Balaban J connectivity index is 1.68. The maximum atomic E-state index is 5.68. The molecule has 1 aliphatic rings. The third kappa shape index (κ3) is 5.26. The fraction of sp³-hybridized carbons (Fsp3) is 0.667. The van der Waals surface area contributed by atoms with Gasteiger partial charge < -0.3 is 10.6 Å². The minimum absolute atomic E-state index is 0.827. The number of unbranched alkanes of at least 4 members (excludes halogenated alkanes) is 1. The third-order valence-corrected chi connectivity index (χ3v) is 4.49. The molecule has 1 aromatic carbocycles. The summed E-state index contributed by atoms with van der Waals surface area (Å²) in [7, 11) is 0. The van der Waals surface area contributed by atoms with Crippen LogP contribution in [0, 0.1) is 0 Å². The SMILES string of the molecule is NCCCN(CCCCc1ccccc1)C1CCCC1. The molecule has 2 N–H and O–H groups in total. The quantitative estimate of drug-likeness (QED) is 0.697. The second-order valence-electron chi connectivity index (χ2n) is 6.06. The molecule has 2 nitrogen and oxygen atoms in total. The lowest BCUT2D eigenvalue weighted by atomic mass is 10.1. The fourth-order valence-corrected chi connectivity index (χ4v) is 3.33. The van der Waals surface area contributed by atoms with Crippen LogP contribution in [0.4, 0.5) is 0 Å². The van der Waals surface area contributed by atoms with Crippen LogP contribution in [-0.2, 0) is 6.42 Å². The number of rotatable bonds is 9. The van der Waals surface area contributed by atoms with Crippen molar-refractivity contribution in [3.8, 4) is 0 Å². The molecule has 0 saturated heterocycles. The van der Waals surface area contributed by atoms with E-state index >= 15 is 0 Å². The van der Waals surface area contributed by atoms with E-state index in [1.807, 2.05) is 0 Å². The first-order valence-electron chi connectivity index (χ1n) is 8.38. The van der Waals surface area contributed by atoms with Crippen molar-refractivity contribution in [2.75, 3.05) is 19.6 Å². The Morgan fingerprint density at radius 1 is 0.950 bits per heavy atom. The van der Waals surface area contributed by atoms with Crippen LogP contribution in [0.15, 0.2) is 30.3 Å². The van der Waals surface area contributed by atoms with Gasteiger partial charge in [0.1, 0.15) is 0 Å². The molecule has 20 heavy (non-hydrogen) atoms. The van der Waals surface area contributed by atoms with Crippen LogP contribution in [0.3, 0.4) is 0 Å². The molecule has 2 heteroatoms. The summed E-state index contributed by atoms with van der Waals surface area (Å²) in [4.78, 5) is 2.71. The van der Waals surface area contributed by atoms with Gasteiger partial charge in [-0.05, 0) is 63.7 Å². The Morgan fingerprint density at radius 3 is 2.35 bits per heavy atom. The van der Waals surface area contributed by atoms with Crippen LogP contribution in [0.25, 0.3) is 0 Å². The van der Waals surface area contributed by atoms with Crippen molar-refractivity contribution < 1.29 is 0 Å². The van der Waals surface area contributed by atoms with Crippen molar-refractivity contribution in [3.05, 3.63) is 35.9 Å². The standard InChI is InChI=1S/C18H30N2/c19-14-8-16-20(18-12-4-5-13-18)15-7-6-11-17-9-2-1-3-10-17/h1-3,9-10,18H,4-8,11-16,19H2. The first kappa shape index (κ1) is 15.5. The first-order chi connectivity index (χ1) is 9.90. The minimum Gasteiger partial charge on any atom is -0.330 e. The van der Waals surface area contributed by atoms with E-state index in [9.17, 15) is 0 Å². The third-order valence-electron chi connectivity index (χ3n) is 4.49. The zero-order valence-corrected chi connectivity index (χ0v) is 12.8. The lowest BCUT2D eigenvalue weighted by Crippen LogP contribution is -2.35. The Morgan fingerprint density at radius 2 is 1.65 bits per heavy atom. The normalized spacial score (nSPS) is 16.1. The van der Waals surface area contributed by atoms with E-state index in [2.05, 4.69) is 35.2 Å². The van der Waals surface area contributed by atoms with Crippen molar-refractivity contribution in [3.63, 3.8) is 0 Å². The lowest BCUT2D eigenvalue weighted by Gasteiger charge is -2.28. The van der Waals surface area contributed by atoms with Gasteiger partial charge >= 0.3 is 0 Å². The molecule has 0 heterocycles. The average Bonchev–Trinajstić information content (AvgIpc) is 3.02. The number of benzene rings is 1. The van der Waals surface area contributed by atoms with Crippen molar-refractivity contribution in [2.45, 2.75) is 57.4 Å². The molecule has 0 radical (unpaired) electrons. The summed E-state index contributed by atoms with van der Waals surface area (Å²) >= 11 is 0. The number of nitrogens with two attached hydrogens (primary N) is 1. The molecule has 112 valence electrons. The highest BCUT2D eigenvalue weighted by molar-refractivity contribution is 5.14. The topological polar surface area (TPSA) is 29.3 Å². The number of hydrogen-bond donors (Lipinski definition) is 1. The summed E-state index contributed by atoms with van der Waals surface area (Å²) in [6.45, 7) is 3.29. The van der Waals surface area contributed by atoms with E-state index in [1.165, 1.54) is 63.6 Å². The molecule has 0 spiro atoms. The van der Waals surface area contributed by atoms with Crippen molar-refractivity contribution in [1.82, 2.24) is 4.90 Å². The molecule has 0 aliphatic heterocycles. The molecule has 1 aliphatic carbocycles. The van der Waals surface area contributed by atoms with E-state index in [0.29, 0.717) is 0 Å². The summed E-state index contributed by atoms with van der Waals surface area (Å²) in [6.07, 6.45) is 10.6. The molecular formula is C18H30N2. The second kappa shape index (κ2) is 9.15. The summed E-state index contributed by atoms with van der Waals surface area (Å²) in [5.74, 6) is 0. The highest BCUT2D eigenvalue weighted by Crippen LogP contribution is 2.24. The lowest BCUT2D eigenvalue weighted by molar-refractivity contribution is 0.193. The maximum Gasteiger partial charge on any atom is 0.00952 e. The molecule has 0 amide bonds. The van der Waals surface area contributed by atoms with Gasteiger partial charge in [-0.3, -0.25) is 0 Å². The van der Waals surface area contributed by atoms with Crippen molar-refractivity contribution in [2.24, 2.45) is 5.73 Å². The fourth-order valence-electron chi connectivity index (χ4n) is 3.33. The van der Waals surface area contributed by atoms with Crippen LogP contribution < -0.4 is 5.73 Å². The van der Waals surface area contributed by atoms with E-state index < -0.39 is 0 Å². The van der Waals surface area contributed by atoms with Gasteiger partial charge in [0.25, 0.3) is 0 Å². The molecule has 1 aromatic rings. The van der Waals surface area contributed by atoms with Gasteiger partial charge in [-0.25, -0.2) is 0 Å². The molecule has 0 unspecified atom stereocenters. The van der Waals surface area contributed by atoms with Gasteiger partial charge in [0.2, 0.25) is 0 Å². The summed E-state index contributed by atoms with van der Waals surface area (Å²) in [5, 5.41) is 0. The molecule has 1 saturated carbocycles. The van der Waals surface area contributed by atoms with E-state index in [4.69, 9.17) is 5.73 Å². The Kier molecular flexibility index (Phi) is 7.10. The Labute approximate surface area is 124 Å². The number of aryl methyl sites for hydroxylation is 1. The maximum absolute atomic E-state index is 5.68. The molecular weight excluding hydrogens is 244 g/mol. The zero-order valence-electron chi connectivity index (χ0n) is 12.8. The van der Waals surface area contributed by atoms with Gasteiger partial charge in [0, 0.05) is 6.04 Å². The van der Waals surface area contributed by atoms with E-state index in [1.54, 1.807) is 0 Å². The van der Waals surface area contributed by atoms with Gasteiger partial charge in [-0.15, -0.1) is 0 Å². The van der Waals surface area contributed by atoms with Crippen LogP contribution in [0.5, 0.6) is 0 Å². The molecule has 2 rings (SSSR count). The van der Waals surface area contributed by atoms with E-state index in [-0.39, 0.29) is 0 Å². The first-order valence-corrected chi connectivity index (χ1v) is 8.38. The van der Waals surface area contributed by atoms with Crippen LogP contribution in [0.1, 0.15) is 50.5 Å². The van der Waals surface area contributed by atoms with Crippen LogP contribution in [-0.4, -0.2) is 30.6 Å². The predicted molar refractivity (Wildman–Crippen MR) is 86.9 cm³/mol. The zero-order chi connectivity index (χ0) is 14.0. The number of nitrogens with zero attached hydrogens (tertiary/aromatic N) is 1. The summed E-state index contributed by atoms with van der Waals surface area (Å²) in [5.41, 5.74) is 7.15. The molecule has 0 aromatic heterocycles. The number of hydrogen-bond acceptors (Lipinski definition) is 2. The Hall–Kier alpha value is -0.860. The average molecular weight is 274 g/mol. The van der Waals surface area contributed by atoms with Gasteiger partial charge in [0.05, 0.1) is 0 Å². The minimum atomic E-state index is 0.827. The summed E-state index contributed by atoms with van der Waals surface area (Å²) < 4.78 is 0. The van der Waals surface area contributed by atoms with E-state index in [0.717, 1.165) is 19.0 Å². The second-order valence-corrected chi connectivity index (χ2v) is 6.06. The van der Waals surface area contributed by atoms with Gasteiger partial charge in [-0.1, -0.05) is 43.2 Å². The largest absolute Gasteiger partial charge is 0.330 e. The van der Waals surface area contributed by atoms with Gasteiger partial charge in [-0.2, -0.15) is 0 Å². The molecule has 0 bridgehead atoms. The van der Waals surface area contributed by atoms with Crippen molar-refractivity contribution >= 4 is 0 Å². The smallest absolute Gasteiger partial charge is 0.00952 e. The summed E-state index contributed by atoms with van der Waals surface area (Å²) in [6, 6.07) is 11.7. The highest BCUT2D eigenvalue weighted by Gasteiger charge is 2.21. The Bertz CT molecular complexity index is 344. The predicted octanol–water partition coefficient (Wildman–Crippen LogP) is 3.60. The van der Waals surface area contributed by atoms with Crippen molar-refractivity contribution in [1.29, 1.82) is 0 Å². The van der Waals surface area contributed by atoms with Crippen LogP contribution >= 0.6 is 0 Å². The van der Waals surface area contributed by atoms with Crippen LogP contribution in [0.2, 0.25) is 0 Å². The monoisotopic (exact) mass is 274 g/mol. The highest BCUT2D eigenvalue weighted by atomic mass is 15.2. The van der Waals surface area contributed by atoms with Gasteiger partial charge in [0.15, 0.2) is 0 Å². The molecule has 1 fully saturated rings.